The highest BCUT2D eigenvalue weighted by Gasteiger charge is 2.71. The van der Waals surface area contributed by atoms with Gasteiger partial charge in [-0.25, -0.2) is 0 Å². The van der Waals surface area contributed by atoms with E-state index < -0.39 is 74.9 Å². The van der Waals surface area contributed by atoms with Crippen molar-refractivity contribution in [2.45, 2.75) is 82.0 Å². The molecule has 0 aromatic carbocycles. The van der Waals surface area contributed by atoms with Gasteiger partial charge in [-0.2, -0.15) is 17.2 Å². The Kier molecular flexibility index (Phi) is 6.45. The van der Waals surface area contributed by atoms with Crippen molar-refractivity contribution in [2.24, 2.45) is 35.5 Å². The van der Waals surface area contributed by atoms with E-state index in [4.69, 9.17) is 14.0 Å². The molecule has 2 N–H and O–H groups in total. The molecule has 4 fully saturated rings. The SMILES string of the molecule is CC(C(=O)OC1C2CC3C1OC(=O)C3C2C1(O)CCCC1)C(C)C(=O)OC(C)C(F)(F)S(=O)(=O)O. The fraction of sp³-hybridized carbons (Fsp3) is 0.864. The van der Waals surface area contributed by atoms with Gasteiger partial charge in [0.25, 0.3) is 0 Å². The molecule has 3 saturated carbocycles. The van der Waals surface area contributed by atoms with Crippen LogP contribution in [-0.4, -0.2) is 65.2 Å². The van der Waals surface area contributed by atoms with E-state index in [0.717, 1.165) is 12.8 Å². The first-order chi connectivity index (χ1) is 16.1. The summed E-state index contributed by atoms with van der Waals surface area (Å²) in [5, 5.41) is 6.52. The summed E-state index contributed by atoms with van der Waals surface area (Å²) in [6.45, 7) is 3.18. The molecule has 35 heavy (non-hydrogen) atoms. The average Bonchev–Trinajstić information content (AvgIpc) is 3.50. The van der Waals surface area contributed by atoms with Crippen LogP contribution in [0.25, 0.3) is 0 Å². The van der Waals surface area contributed by atoms with Crippen molar-refractivity contribution in [3.8, 4) is 0 Å². The van der Waals surface area contributed by atoms with Gasteiger partial charge in [0.2, 0.25) is 0 Å². The van der Waals surface area contributed by atoms with Crippen LogP contribution in [0, 0.1) is 35.5 Å². The number of hydrogen-bond donors (Lipinski definition) is 2. The molecular weight excluding hydrogens is 494 g/mol. The van der Waals surface area contributed by atoms with E-state index in [2.05, 4.69) is 4.74 Å². The van der Waals surface area contributed by atoms with E-state index in [0.29, 0.717) is 26.2 Å². The summed E-state index contributed by atoms with van der Waals surface area (Å²) in [5.74, 6) is -6.21. The first kappa shape index (κ1) is 26.2. The highest BCUT2D eigenvalue weighted by atomic mass is 32.2. The van der Waals surface area contributed by atoms with Crippen LogP contribution in [0.2, 0.25) is 0 Å². The monoisotopic (exact) mass is 524 g/mol. The lowest BCUT2D eigenvalue weighted by atomic mass is 9.68. The molecule has 13 heteroatoms. The molecule has 1 saturated heterocycles. The van der Waals surface area contributed by atoms with Gasteiger partial charge < -0.3 is 19.3 Å². The summed E-state index contributed by atoms with van der Waals surface area (Å²) in [6, 6.07) is 0. The predicted octanol–water partition coefficient (Wildman–Crippen LogP) is 1.70. The van der Waals surface area contributed by atoms with Crippen LogP contribution in [-0.2, 0) is 38.7 Å². The van der Waals surface area contributed by atoms with Crippen LogP contribution in [0.4, 0.5) is 8.78 Å². The lowest BCUT2D eigenvalue weighted by molar-refractivity contribution is -0.177. The van der Waals surface area contributed by atoms with Crippen LogP contribution in [0.15, 0.2) is 0 Å². The van der Waals surface area contributed by atoms with E-state index in [-0.39, 0.29) is 17.8 Å². The quantitative estimate of drug-likeness (QED) is 0.272. The second kappa shape index (κ2) is 8.62. The molecule has 4 rings (SSSR count). The van der Waals surface area contributed by atoms with E-state index in [1.165, 1.54) is 13.8 Å². The number of ether oxygens (including phenoxy) is 3. The van der Waals surface area contributed by atoms with E-state index in [1.54, 1.807) is 0 Å². The standard InChI is InChI=1S/C22H30F2O10S/c1-9(18(25)32-11(3)22(23,24)35(29,30)31)10(2)19(26)33-17-13-8-12-14(20(27)34-16(12)17)15(13)21(28)6-4-5-7-21/h9-17,28H,4-8H2,1-3H3,(H,29,30,31). The number of carbonyl (C=O) groups is 3. The third-order valence-corrected chi connectivity index (χ3v) is 9.51. The van der Waals surface area contributed by atoms with Crippen molar-refractivity contribution < 1.29 is 55.5 Å². The van der Waals surface area contributed by atoms with Crippen molar-refractivity contribution >= 4 is 28.0 Å². The highest BCUT2D eigenvalue weighted by molar-refractivity contribution is 7.86. The summed E-state index contributed by atoms with van der Waals surface area (Å²) in [5.41, 5.74) is -1.03. The van der Waals surface area contributed by atoms with Gasteiger partial charge in [-0.05, 0) is 26.2 Å². The van der Waals surface area contributed by atoms with Crippen LogP contribution < -0.4 is 0 Å². The zero-order valence-corrected chi connectivity index (χ0v) is 20.4. The molecule has 1 aliphatic heterocycles. The Bertz CT molecular complexity index is 1010. The molecule has 9 atom stereocenters. The Labute approximate surface area is 201 Å². The van der Waals surface area contributed by atoms with Gasteiger partial charge in [-0.3, -0.25) is 18.9 Å². The predicted molar refractivity (Wildman–Crippen MR) is 112 cm³/mol. The number of alkyl halides is 2. The maximum absolute atomic E-state index is 13.7. The fourth-order valence-electron chi connectivity index (χ4n) is 6.41. The Morgan fingerprint density at radius 1 is 1.11 bits per heavy atom. The first-order valence-electron chi connectivity index (χ1n) is 11.8. The van der Waals surface area contributed by atoms with Crippen LogP contribution >= 0.6 is 0 Å². The minimum atomic E-state index is -5.82. The number of halogens is 2. The highest BCUT2D eigenvalue weighted by Crippen LogP contribution is 2.63. The first-order valence-corrected chi connectivity index (χ1v) is 13.2. The fourth-order valence-corrected chi connectivity index (χ4v) is 6.88. The third kappa shape index (κ3) is 4.12. The maximum Gasteiger partial charge on any atom is 0.405 e. The van der Waals surface area contributed by atoms with Crippen LogP contribution in [0.5, 0.6) is 0 Å². The zero-order chi connectivity index (χ0) is 26.1. The summed E-state index contributed by atoms with van der Waals surface area (Å²) >= 11 is 0. The van der Waals surface area contributed by atoms with Crippen LogP contribution in [0.3, 0.4) is 0 Å². The van der Waals surface area contributed by atoms with Crippen molar-refractivity contribution in [1.82, 2.24) is 0 Å². The van der Waals surface area contributed by atoms with E-state index in [9.17, 15) is 36.7 Å². The molecule has 9 unspecified atom stereocenters. The van der Waals surface area contributed by atoms with Gasteiger partial charge in [0.05, 0.1) is 23.4 Å². The second-order valence-electron chi connectivity index (χ2n) is 10.4. The molecule has 198 valence electrons. The molecular formula is C22H30F2O10S. The topological polar surface area (TPSA) is 154 Å². The number of esters is 3. The molecule has 0 spiro atoms. The van der Waals surface area contributed by atoms with E-state index >= 15 is 0 Å². The molecule has 0 amide bonds. The summed E-state index contributed by atoms with van der Waals surface area (Å²) in [4.78, 5) is 37.8. The molecule has 0 aromatic heterocycles. The summed E-state index contributed by atoms with van der Waals surface area (Å²) in [6.07, 6.45) is -0.561. The number of aliphatic hydroxyl groups is 1. The Balaban J connectivity index is 1.43. The minimum absolute atomic E-state index is 0.166. The van der Waals surface area contributed by atoms with Crippen molar-refractivity contribution in [3.05, 3.63) is 0 Å². The molecule has 3 aliphatic carbocycles. The van der Waals surface area contributed by atoms with Gasteiger partial charge in [0.15, 0.2) is 6.10 Å². The van der Waals surface area contributed by atoms with Crippen molar-refractivity contribution in [1.29, 1.82) is 0 Å². The number of carbonyl (C=O) groups excluding carboxylic acids is 3. The molecule has 1 heterocycles. The zero-order valence-electron chi connectivity index (χ0n) is 19.6. The number of fused-ring (bicyclic) bond motifs is 1. The van der Waals surface area contributed by atoms with E-state index in [1.807, 2.05) is 0 Å². The average molecular weight is 525 g/mol. The summed E-state index contributed by atoms with van der Waals surface area (Å²) in [7, 11) is -5.82. The van der Waals surface area contributed by atoms with Gasteiger partial charge in [0.1, 0.15) is 12.2 Å². The minimum Gasteiger partial charge on any atom is -0.458 e. The Hall–Kier alpha value is -1.86. The molecule has 0 aromatic rings. The Morgan fingerprint density at radius 3 is 2.26 bits per heavy atom. The lowest BCUT2D eigenvalue weighted by Gasteiger charge is -2.40. The smallest absolute Gasteiger partial charge is 0.405 e. The van der Waals surface area contributed by atoms with Crippen LogP contribution in [0.1, 0.15) is 52.9 Å². The van der Waals surface area contributed by atoms with Gasteiger partial charge in [-0.1, -0.05) is 26.7 Å². The maximum atomic E-state index is 13.7. The van der Waals surface area contributed by atoms with Gasteiger partial charge in [0, 0.05) is 17.8 Å². The van der Waals surface area contributed by atoms with Gasteiger partial charge >= 0.3 is 33.3 Å². The second-order valence-corrected chi connectivity index (χ2v) is 11.9. The van der Waals surface area contributed by atoms with Crippen molar-refractivity contribution in [2.75, 3.05) is 0 Å². The number of rotatable bonds is 8. The van der Waals surface area contributed by atoms with Crippen molar-refractivity contribution in [3.63, 3.8) is 0 Å². The molecule has 0 radical (unpaired) electrons. The van der Waals surface area contributed by atoms with Gasteiger partial charge in [-0.15, -0.1) is 0 Å². The number of hydrogen-bond acceptors (Lipinski definition) is 9. The lowest BCUT2D eigenvalue weighted by Crippen LogP contribution is -2.50. The molecule has 2 bridgehead atoms. The summed E-state index contributed by atoms with van der Waals surface area (Å²) < 4.78 is 73.5. The third-order valence-electron chi connectivity index (χ3n) is 8.49. The Morgan fingerprint density at radius 2 is 1.69 bits per heavy atom. The molecule has 10 nitrogen and oxygen atoms in total. The normalized spacial score (nSPS) is 35.9. The largest absolute Gasteiger partial charge is 0.458 e. The molecule has 4 aliphatic rings.